The topological polar surface area (TPSA) is 118 Å². The molecule has 2 aliphatic rings. The molecule has 10 nitrogen and oxygen atoms in total. The Morgan fingerprint density at radius 3 is 2.43 bits per heavy atom. The first-order valence-corrected chi connectivity index (χ1v) is 15.7. The largest absolute Gasteiger partial charge is 0.493 e. The van der Waals surface area contributed by atoms with Gasteiger partial charge in [0.05, 0.1) is 33.1 Å². The van der Waals surface area contributed by atoms with Crippen LogP contribution in [-0.2, 0) is 16.0 Å². The molecule has 44 heavy (non-hydrogen) atoms. The van der Waals surface area contributed by atoms with Crippen molar-refractivity contribution < 1.29 is 23.8 Å². The second-order valence-corrected chi connectivity index (χ2v) is 12.1. The zero-order chi connectivity index (χ0) is 32.0. The number of nitrogens with one attached hydrogen (secondary N) is 3. The highest BCUT2D eigenvalue weighted by Gasteiger charge is 2.30. The summed E-state index contributed by atoms with van der Waals surface area (Å²) in [6.45, 7) is 10.3. The van der Waals surface area contributed by atoms with Crippen LogP contribution in [0, 0.1) is 5.92 Å². The molecule has 0 bridgehead atoms. The number of aryl methyl sites for hydroxylation is 1. The van der Waals surface area contributed by atoms with E-state index >= 15 is 0 Å². The van der Waals surface area contributed by atoms with Crippen molar-refractivity contribution in [2.45, 2.75) is 77.9 Å². The van der Waals surface area contributed by atoms with E-state index in [2.05, 4.69) is 41.6 Å². The van der Waals surface area contributed by atoms with E-state index in [1.54, 1.807) is 33.5 Å². The third-order valence-electron chi connectivity index (χ3n) is 8.69. The quantitative estimate of drug-likeness (QED) is 0.327. The standard InChI is InChI=1S/C34H48N4O6/c1-8-38-15-9-10-23(38)19-35-34(41)28(16-20(2)3)37-27-14-12-24-25(18-29(27)40)26(36-21(4)39)13-11-22-17-30(42-5)32(43-6)33(44-7)31(22)24/h12,14,17-18,20,23,26,28H,8-11,13,15-16,19H2,1-7H3,(H,35,41)(H,36,39)(H,37,40)/t23?,26-,28-/m0/s1. The molecule has 3 N–H and O–H groups in total. The van der Waals surface area contributed by atoms with Gasteiger partial charge in [0.1, 0.15) is 6.04 Å². The van der Waals surface area contributed by atoms with E-state index in [-0.39, 0.29) is 23.2 Å². The Kier molecular flexibility index (Phi) is 11.1. The van der Waals surface area contributed by atoms with Crippen molar-refractivity contribution in [1.29, 1.82) is 0 Å². The van der Waals surface area contributed by atoms with E-state index < -0.39 is 12.1 Å². The van der Waals surface area contributed by atoms with Crippen molar-refractivity contribution >= 4 is 17.5 Å². The van der Waals surface area contributed by atoms with Crippen molar-refractivity contribution in [3.63, 3.8) is 0 Å². The van der Waals surface area contributed by atoms with Gasteiger partial charge in [-0.15, -0.1) is 0 Å². The Morgan fingerprint density at radius 2 is 1.80 bits per heavy atom. The molecule has 1 aliphatic carbocycles. The molecule has 0 spiro atoms. The number of benzene rings is 1. The first-order chi connectivity index (χ1) is 21.1. The third kappa shape index (κ3) is 7.29. The fourth-order valence-electron chi connectivity index (χ4n) is 6.60. The smallest absolute Gasteiger partial charge is 0.242 e. The van der Waals surface area contributed by atoms with Crippen LogP contribution in [0.5, 0.6) is 17.2 Å². The van der Waals surface area contributed by atoms with Crippen LogP contribution in [0.2, 0.25) is 0 Å². The SMILES string of the molecule is CCN1CCCC1CNC(=O)[C@H](CC(C)C)Nc1ccc2c(cc1=O)[C@@H](NC(C)=O)CCc1cc(OC)c(OC)c(OC)c1-2. The van der Waals surface area contributed by atoms with Crippen molar-refractivity contribution in [1.82, 2.24) is 15.5 Å². The molecular formula is C34H48N4O6. The fourth-order valence-corrected chi connectivity index (χ4v) is 6.60. The molecule has 0 saturated carbocycles. The Hall–Kier alpha value is -3.79. The lowest BCUT2D eigenvalue weighted by atomic mass is 9.95. The zero-order valence-electron chi connectivity index (χ0n) is 27.2. The number of likely N-dealkylation sites (tertiary alicyclic amines) is 1. The van der Waals surface area contributed by atoms with Gasteiger partial charge in [-0.3, -0.25) is 19.3 Å². The van der Waals surface area contributed by atoms with E-state index in [1.807, 2.05) is 12.1 Å². The first kappa shape index (κ1) is 33.1. The summed E-state index contributed by atoms with van der Waals surface area (Å²) in [5.74, 6) is 1.39. The van der Waals surface area contributed by atoms with Crippen molar-refractivity contribution in [2.75, 3.05) is 46.3 Å². The molecule has 1 unspecified atom stereocenters. The van der Waals surface area contributed by atoms with Gasteiger partial charge in [-0.1, -0.05) is 26.8 Å². The minimum atomic E-state index is -0.585. The molecule has 1 fully saturated rings. The number of likely N-dealkylation sites (N-methyl/N-ethyl adjacent to an activating group) is 1. The average molecular weight is 609 g/mol. The molecule has 2 amide bonds. The lowest BCUT2D eigenvalue weighted by Crippen LogP contribution is -2.46. The second-order valence-electron chi connectivity index (χ2n) is 12.1. The average Bonchev–Trinajstić information content (AvgIpc) is 3.34. The lowest BCUT2D eigenvalue weighted by molar-refractivity contribution is -0.122. The summed E-state index contributed by atoms with van der Waals surface area (Å²) >= 11 is 0. The highest BCUT2D eigenvalue weighted by molar-refractivity contribution is 5.86. The van der Waals surface area contributed by atoms with Crippen LogP contribution in [-0.4, -0.2) is 69.8 Å². The second kappa shape index (κ2) is 14.8. The molecule has 0 radical (unpaired) electrons. The van der Waals surface area contributed by atoms with Gasteiger partial charge < -0.3 is 30.2 Å². The van der Waals surface area contributed by atoms with E-state index in [1.165, 1.54) is 6.92 Å². The van der Waals surface area contributed by atoms with Gasteiger partial charge in [-0.05, 0) is 86.0 Å². The Morgan fingerprint density at radius 1 is 1.05 bits per heavy atom. The monoisotopic (exact) mass is 608 g/mol. The van der Waals surface area contributed by atoms with Crippen molar-refractivity contribution in [2.24, 2.45) is 5.92 Å². The van der Waals surface area contributed by atoms with Crippen LogP contribution in [0.3, 0.4) is 0 Å². The van der Waals surface area contributed by atoms with Crippen LogP contribution in [0.15, 0.2) is 29.1 Å². The minimum absolute atomic E-state index is 0.117. The number of nitrogens with zero attached hydrogens (tertiary/aromatic N) is 1. The molecular weight excluding hydrogens is 560 g/mol. The number of amides is 2. The minimum Gasteiger partial charge on any atom is -0.493 e. The molecule has 1 heterocycles. The van der Waals surface area contributed by atoms with Gasteiger partial charge >= 0.3 is 0 Å². The summed E-state index contributed by atoms with van der Waals surface area (Å²) in [5.41, 5.74) is 3.20. The van der Waals surface area contributed by atoms with Crippen LogP contribution in [0.25, 0.3) is 11.1 Å². The zero-order valence-corrected chi connectivity index (χ0v) is 27.2. The number of hydrogen-bond donors (Lipinski definition) is 3. The highest BCUT2D eigenvalue weighted by Crippen LogP contribution is 2.50. The lowest BCUT2D eigenvalue weighted by Gasteiger charge is -2.25. The number of carbonyl (C=O) groups is 2. The number of methoxy groups -OCH3 is 3. The molecule has 1 aliphatic heterocycles. The normalized spacial score (nSPS) is 18.5. The number of fused-ring (bicyclic) bond motifs is 3. The van der Waals surface area contributed by atoms with E-state index in [0.29, 0.717) is 60.3 Å². The maximum absolute atomic E-state index is 13.8. The molecule has 1 saturated heterocycles. The summed E-state index contributed by atoms with van der Waals surface area (Å²) in [4.78, 5) is 42.0. The Balaban J connectivity index is 1.77. The molecule has 2 aromatic rings. The van der Waals surface area contributed by atoms with Crippen molar-refractivity contribution in [3.05, 3.63) is 45.6 Å². The van der Waals surface area contributed by atoms with E-state index in [4.69, 9.17) is 14.2 Å². The Bertz CT molecular complexity index is 1410. The number of anilines is 1. The highest BCUT2D eigenvalue weighted by atomic mass is 16.5. The molecule has 10 heteroatoms. The predicted octanol–water partition coefficient (Wildman–Crippen LogP) is 4.29. The van der Waals surface area contributed by atoms with Gasteiger partial charge in [-0.2, -0.15) is 0 Å². The van der Waals surface area contributed by atoms with Crippen LogP contribution >= 0.6 is 0 Å². The van der Waals surface area contributed by atoms with E-state index in [0.717, 1.165) is 42.6 Å². The fraction of sp³-hybridized carbons (Fsp3) is 0.559. The molecule has 0 aromatic heterocycles. The number of hydrogen-bond acceptors (Lipinski definition) is 8. The summed E-state index contributed by atoms with van der Waals surface area (Å²) < 4.78 is 17.2. The van der Waals surface area contributed by atoms with Crippen LogP contribution in [0.1, 0.15) is 70.5 Å². The summed E-state index contributed by atoms with van der Waals surface area (Å²) in [5, 5.41) is 9.47. The molecule has 4 rings (SSSR count). The molecule has 240 valence electrons. The predicted molar refractivity (Wildman–Crippen MR) is 173 cm³/mol. The van der Waals surface area contributed by atoms with Gasteiger partial charge in [0.2, 0.25) is 23.0 Å². The summed E-state index contributed by atoms with van der Waals surface area (Å²) in [6.07, 6.45) is 3.95. The maximum atomic E-state index is 13.8. The number of rotatable bonds is 12. The number of carbonyl (C=O) groups excluding carboxylic acids is 2. The summed E-state index contributed by atoms with van der Waals surface area (Å²) in [6, 6.07) is 6.44. The van der Waals surface area contributed by atoms with Crippen LogP contribution in [0.4, 0.5) is 5.69 Å². The van der Waals surface area contributed by atoms with Gasteiger partial charge in [-0.25, -0.2) is 0 Å². The van der Waals surface area contributed by atoms with Gasteiger partial charge in [0.25, 0.3) is 0 Å². The van der Waals surface area contributed by atoms with Gasteiger partial charge in [0.15, 0.2) is 11.5 Å². The van der Waals surface area contributed by atoms with E-state index in [9.17, 15) is 14.4 Å². The van der Waals surface area contributed by atoms with Crippen molar-refractivity contribution in [3.8, 4) is 28.4 Å². The maximum Gasteiger partial charge on any atom is 0.242 e. The number of ether oxygens (including phenoxy) is 3. The Labute approximate surface area is 260 Å². The van der Waals surface area contributed by atoms with Gasteiger partial charge in [0, 0.05) is 25.1 Å². The molecule has 3 atom stereocenters. The third-order valence-corrected chi connectivity index (χ3v) is 8.69. The first-order valence-electron chi connectivity index (χ1n) is 15.7. The van der Waals surface area contributed by atoms with Crippen LogP contribution < -0.4 is 35.6 Å². The molecule has 2 aromatic carbocycles. The summed E-state index contributed by atoms with van der Waals surface area (Å²) in [7, 11) is 4.70.